The van der Waals surface area contributed by atoms with Crippen LogP contribution in [0.25, 0.3) is 0 Å². The number of benzene rings is 1. The first kappa shape index (κ1) is 15.6. The van der Waals surface area contributed by atoms with Gasteiger partial charge in [-0.2, -0.15) is 0 Å². The van der Waals surface area contributed by atoms with Crippen molar-refractivity contribution in [2.24, 2.45) is 11.8 Å². The second kappa shape index (κ2) is 6.65. The van der Waals surface area contributed by atoms with Crippen LogP contribution in [0.4, 0.5) is 5.69 Å². The third-order valence-electron chi connectivity index (χ3n) is 3.14. The quantitative estimate of drug-likeness (QED) is 0.665. The summed E-state index contributed by atoms with van der Waals surface area (Å²) in [6, 6.07) is 4.42. The molecule has 1 N–H and O–H groups in total. The highest BCUT2D eigenvalue weighted by molar-refractivity contribution is 9.10. The molecule has 6 heteroatoms. The van der Waals surface area contributed by atoms with Crippen molar-refractivity contribution >= 4 is 27.5 Å². The molecule has 0 aliphatic carbocycles. The number of nitrogens with one attached hydrogen (secondary N) is 1. The van der Waals surface area contributed by atoms with E-state index in [1.807, 2.05) is 6.92 Å². The molecule has 1 rings (SSSR count). The zero-order chi connectivity index (χ0) is 14.6. The second-order valence-electron chi connectivity index (χ2n) is 4.83. The number of halogens is 1. The van der Waals surface area contributed by atoms with E-state index in [-0.39, 0.29) is 21.6 Å². The summed E-state index contributed by atoms with van der Waals surface area (Å²) < 4.78 is 0.217. The number of nitro groups is 1. The standard InChI is InChI=1S/C13H17BrN2O3/c1-8(2)9(3)7-15-13(17)10-5-4-6-11(12(10)14)16(18)19/h4-6,8-9H,7H2,1-3H3,(H,15,17). The van der Waals surface area contributed by atoms with Gasteiger partial charge in [0.2, 0.25) is 0 Å². The van der Waals surface area contributed by atoms with Gasteiger partial charge in [-0.3, -0.25) is 14.9 Å². The van der Waals surface area contributed by atoms with Crippen LogP contribution in [0, 0.1) is 22.0 Å². The fraction of sp³-hybridized carbons (Fsp3) is 0.462. The fourth-order valence-corrected chi connectivity index (χ4v) is 2.01. The summed E-state index contributed by atoms with van der Waals surface area (Å²) in [5, 5.41) is 13.6. The topological polar surface area (TPSA) is 72.2 Å². The largest absolute Gasteiger partial charge is 0.352 e. The summed E-state index contributed by atoms with van der Waals surface area (Å²) in [5.74, 6) is 0.512. The van der Waals surface area contributed by atoms with Gasteiger partial charge in [-0.1, -0.05) is 26.8 Å². The highest BCUT2D eigenvalue weighted by Gasteiger charge is 2.19. The SMILES string of the molecule is CC(C)C(C)CNC(=O)c1cccc([N+](=O)[O-])c1Br. The molecule has 1 aromatic carbocycles. The molecule has 0 aliphatic rings. The number of nitro benzene ring substituents is 1. The highest BCUT2D eigenvalue weighted by atomic mass is 79.9. The molecule has 5 nitrogen and oxygen atoms in total. The van der Waals surface area contributed by atoms with Gasteiger partial charge in [0.15, 0.2) is 0 Å². The van der Waals surface area contributed by atoms with Gasteiger partial charge in [0.05, 0.1) is 10.5 Å². The Labute approximate surface area is 120 Å². The Balaban J connectivity index is 2.83. The first-order valence-electron chi connectivity index (χ1n) is 6.05. The van der Waals surface area contributed by atoms with Gasteiger partial charge in [0, 0.05) is 12.6 Å². The first-order valence-corrected chi connectivity index (χ1v) is 6.85. The van der Waals surface area contributed by atoms with Gasteiger partial charge < -0.3 is 5.32 Å². The van der Waals surface area contributed by atoms with Gasteiger partial charge >= 0.3 is 0 Å². The lowest BCUT2D eigenvalue weighted by molar-refractivity contribution is -0.385. The van der Waals surface area contributed by atoms with Crippen molar-refractivity contribution in [3.8, 4) is 0 Å². The molecular formula is C13H17BrN2O3. The van der Waals surface area contributed by atoms with Crippen LogP contribution in [0.5, 0.6) is 0 Å². The van der Waals surface area contributed by atoms with Gasteiger partial charge in [0.1, 0.15) is 4.47 Å². The van der Waals surface area contributed by atoms with Crippen LogP contribution >= 0.6 is 15.9 Å². The molecule has 1 atom stereocenters. The number of nitrogens with zero attached hydrogens (tertiary/aromatic N) is 1. The number of hydrogen-bond donors (Lipinski definition) is 1. The highest BCUT2D eigenvalue weighted by Crippen LogP contribution is 2.28. The Hall–Kier alpha value is -1.43. The van der Waals surface area contributed by atoms with Crippen LogP contribution in [0.2, 0.25) is 0 Å². The second-order valence-corrected chi connectivity index (χ2v) is 5.62. The zero-order valence-electron chi connectivity index (χ0n) is 11.1. The lowest BCUT2D eigenvalue weighted by Gasteiger charge is -2.16. The minimum Gasteiger partial charge on any atom is -0.352 e. The Morgan fingerprint density at radius 1 is 1.42 bits per heavy atom. The summed E-state index contributed by atoms with van der Waals surface area (Å²) in [5.41, 5.74) is 0.176. The molecule has 0 saturated heterocycles. The predicted molar refractivity (Wildman–Crippen MR) is 77.1 cm³/mol. The fourth-order valence-electron chi connectivity index (χ4n) is 1.42. The molecule has 19 heavy (non-hydrogen) atoms. The lowest BCUT2D eigenvalue weighted by atomic mass is 9.98. The molecule has 0 saturated carbocycles. The van der Waals surface area contributed by atoms with Crippen LogP contribution in [0.3, 0.4) is 0 Å². The molecule has 0 aliphatic heterocycles. The summed E-state index contributed by atoms with van der Waals surface area (Å²) >= 11 is 3.12. The molecule has 0 fully saturated rings. The third-order valence-corrected chi connectivity index (χ3v) is 3.98. The maximum atomic E-state index is 12.0. The maximum absolute atomic E-state index is 12.0. The number of hydrogen-bond acceptors (Lipinski definition) is 3. The van der Waals surface area contributed by atoms with Crippen molar-refractivity contribution in [1.29, 1.82) is 0 Å². The monoisotopic (exact) mass is 328 g/mol. The Bertz CT molecular complexity index is 489. The van der Waals surface area contributed by atoms with E-state index in [1.165, 1.54) is 12.1 Å². The van der Waals surface area contributed by atoms with E-state index < -0.39 is 4.92 Å². The predicted octanol–water partition coefficient (Wildman–Crippen LogP) is 3.38. The van der Waals surface area contributed by atoms with Crippen molar-refractivity contribution in [3.05, 3.63) is 38.3 Å². The average Bonchev–Trinajstić information content (AvgIpc) is 2.35. The van der Waals surface area contributed by atoms with E-state index in [1.54, 1.807) is 6.07 Å². The number of rotatable bonds is 5. The Morgan fingerprint density at radius 2 is 2.05 bits per heavy atom. The minimum absolute atomic E-state index is 0.107. The van der Waals surface area contributed by atoms with E-state index in [0.29, 0.717) is 18.4 Å². The van der Waals surface area contributed by atoms with Gasteiger partial charge in [-0.05, 0) is 33.8 Å². The zero-order valence-corrected chi connectivity index (χ0v) is 12.7. The van der Waals surface area contributed by atoms with Crippen LogP contribution < -0.4 is 5.32 Å². The van der Waals surface area contributed by atoms with Crippen molar-refractivity contribution in [1.82, 2.24) is 5.32 Å². The van der Waals surface area contributed by atoms with Gasteiger partial charge in [0.25, 0.3) is 11.6 Å². The Kier molecular flexibility index (Phi) is 5.47. The normalized spacial score (nSPS) is 12.3. The summed E-state index contributed by atoms with van der Waals surface area (Å²) in [6.45, 7) is 6.76. The van der Waals surface area contributed by atoms with Crippen molar-refractivity contribution < 1.29 is 9.72 Å². The molecule has 0 spiro atoms. The molecule has 1 aromatic rings. The molecular weight excluding hydrogens is 312 g/mol. The molecule has 0 aromatic heterocycles. The molecule has 1 amide bonds. The molecule has 0 bridgehead atoms. The van der Waals surface area contributed by atoms with E-state index in [9.17, 15) is 14.9 Å². The maximum Gasteiger partial charge on any atom is 0.284 e. The summed E-state index contributed by atoms with van der Waals surface area (Å²) in [7, 11) is 0. The van der Waals surface area contributed by atoms with Crippen LogP contribution in [0.15, 0.2) is 22.7 Å². The minimum atomic E-state index is -0.516. The van der Waals surface area contributed by atoms with E-state index >= 15 is 0 Å². The van der Waals surface area contributed by atoms with E-state index in [0.717, 1.165) is 0 Å². The van der Waals surface area contributed by atoms with Crippen LogP contribution in [0.1, 0.15) is 31.1 Å². The van der Waals surface area contributed by atoms with E-state index in [4.69, 9.17) is 0 Å². The molecule has 104 valence electrons. The van der Waals surface area contributed by atoms with Crippen LogP contribution in [-0.4, -0.2) is 17.4 Å². The van der Waals surface area contributed by atoms with E-state index in [2.05, 4.69) is 35.1 Å². The smallest absolute Gasteiger partial charge is 0.284 e. The molecule has 1 unspecified atom stereocenters. The molecule has 0 heterocycles. The van der Waals surface area contributed by atoms with Crippen molar-refractivity contribution in [3.63, 3.8) is 0 Å². The summed E-state index contributed by atoms with van der Waals surface area (Å²) in [6.07, 6.45) is 0. The summed E-state index contributed by atoms with van der Waals surface area (Å²) in [4.78, 5) is 22.3. The third kappa shape index (κ3) is 4.02. The van der Waals surface area contributed by atoms with Gasteiger partial charge in [-0.25, -0.2) is 0 Å². The number of carbonyl (C=O) groups is 1. The first-order chi connectivity index (χ1) is 8.84. The molecule has 0 radical (unpaired) electrons. The van der Waals surface area contributed by atoms with Crippen molar-refractivity contribution in [2.75, 3.05) is 6.54 Å². The lowest BCUT2D eigenvalue weighted by Crippen LogP contribution is -2.30. The van der Waals surface area contributed by atoms with Crippen molar-refractivity contribution in [2.45, 2.75) is 20.8 Å². The van der Waals surface area contributed by atoms with Gasteiger partial charge in [-0.15, -0.1) is 0 Å². The number of amides is 1. The van der Waals surface area contributed by atoms with Crippen LogP contribution in [-0.2, 0) is 0 Å². The Morgan fingerprint density at radius 3 is 2.58 bits per heavy atom. The number of carbonyl (C=O) groups excluding carboxylic acids is 1. The average molecular weight is 329 g/mol.